The van der Waals surface area contributed by atoms with E-state index in [0.717, 1.165) is 41.3 Å². The molecule has 5 rings (SSSR count). The first-order valence-electron chi connectivity index (χ1n) is 13.5. The van der Waals surface area contributed by atoms with E-state index in [1.165, 1.54) is 0 Å². The number of hydrogen-bond donors (Lipinski definition) is 4. The highest BCUT2D eigenvalue weighted by molar-refractivity contribution is 5.98. The van der Waals surface area contributed by atoms with E-state index in [0.29, 0.717) is 30.0 Å². The van der Waals surface area contributed by atoms with Crippen LogP contribution >= 0.6 is 0 Å². The van der Waals surface area contributed by atoms with Crippen molar-refractivity contribution >= 4 is 29.1 Å². The number of carbonyl (C=O) groups excluding carboxylic acids is 2. The zero-order valence-corrected chi connectivity index (χ0v) is 23.3. The molecule has 12 nitrogen and oxygen atoms in total. The molecule has 0 atom stereocenters. The van der Waals surface area contributed by atoms with Crippen LogP contribution in [0.25, 0.3) is 28.0 Å². The molecule has 2 aromatic heterocycles. The summed E-state index contributed by atoms with van der Waals surface area (Å²) in [6.07, 6.45) is 5.95. The van der Waals surface area contributed by atoms with Crippen molar-refractivity contribution in [2.24, 2.45) is 0 Å². The monoisotopic (exact) mass is 556 g/mol. The molecule has 1 aliphatic heterocycles. The molecule has 0 unspecified atom stereocenters. The van der Waals surface area contributed by atoms with Gasteiger partial charge in [0.25, 0.3) is 5.91 Å². The van der Waals surface area contributed by atoms with Crippen molar-refractivity contribution in [2.45, 2.75) is 45.3 Å². The first-order valence-corrected chi connectivity index (χ1v) is 13.5. The molecule has 0 spiro atoms. The number of nitrogens with two attached hydrogens (primary N) is 1. The second-order valence-corrected chi connectivity index (χ2v) is 10.9. The zero-order chi connectivity index (χ0) is 29.0. The van der Waals surface area contributed by atoms with E-state index in [4.69, 9.17) is 10.1 Å². The Kier molecular flexibility index (Phi) is 7.92. The minimum atomic E-state index is -0.518. The molecule has 1 fully saturated rings. The summed E-state index contributed by atoms with van der Waals surface area (Å²) in [5, 5.41) is 29.3. The molecule has 3 heterocycles. The third-order valence-electron chi connectivity index (χ3n) is 6.75. The Hall–Kier alpha value is -4.84. The molecular formula is C29H34N9O3+. The van der Waals surface area contributed by atoms with Gasteiger partial charge in [-0.3, -0.25) is 9.89 Å². The highest BCUT2D eigenvalue weighted by atomic mass is 16.6. The third kappa shape index (κ3) is 6.67. The van der Waals surface area contributed by atoms with Crippen molar-refractivity contribution in [2.75, 3.05) is 13.1 Å². The number of piperidine rings is 1. The fourth-order valence-corrected chi connectivity index (χ4v) is 4.59. The molecule has 12 heteroatoms. The molecule has 212 valence electrons. The minimum absolute atomic E-state index is 0.242. The predicted molar refractivity (Wildman–Crippen MR) is 154 cm³/mol. The number of allylic oxidation sites excluding steroid dienone is 1. The molecular weight excluding hydrogens is 522 g/mol. The predicted octanol–water partition coefficient (Wildman–Crippen LogP) is 2.99. The van der Waals surface area contributed by atoms with Gasteiger partial charge in [-0.1, -0.05) is 23.4 Å². The number of benzene rings is 2. The van der Waals surface area contributed by atoms with E-state index < -0.39 is 5.60 Å². The van der Waals surface area contributed by atoms with Crippen molar-refractivity contribution < 1.29 is 19.6 Å². The zero-order valence-electron chi connectivity index (χ0n) is 23.3. The summed E-state index contributed by atoms with van der Waals surface area (Å²) in [4.78, 5) is 26.9. The summed E-state index contributed by atoms with van der Waals surface area (Å²) in [6, 6.07) is 15.0. The topological polar surface area (TPSA) is 158 Å². The maximum Gasteiger partial charge on any atom is 0.410 e. The standard InChI is InChI=1S/C29H33N9O3/c1-29(2,3)41-28(40)37-14-12-20(13-15-37)31-17-21(16-30)32-27(39)19-8-10-22(11-9-19)38-18-25(34-36-38)26-23-6-4-5-7-24(23)33-35-26/h4-11,16-18,20,30-31H,12-15H2,1-3H3,(H,32,39)(H,33,35)/p+1. The van der Waals surface area contributed by atoms with Gasteiger partial charge in [-0.2, -0.15) is 5.10 Å². The van der Waals surface area contributed by atoms with Crippen LogP contribution in [0, 0.1) is 5.41 Å². The van der Waals surface area contributed by atoms with Gasteiger partial charge in [-0.05, 0) is 51.1 Å². The SMILES string of the molecule is CC(C)(C)OC(=O)N1CCC([NH2+]C=C(C=N)NC(=O)c2ccc(-n3cc(-c4n[nH]c5ccccc45)nn3)cc2)CC1. The van der Waals surface area contributed by atoms with Crippen molar-refractivity contribution in [1.29, 1.82) is 5.41 Å². The van der Waals surface area contributed by atoms with Crippen LogP contribution in [0.1, 0.15) is 44.0 Å². The van der Waals surface area contributed by atoms with Gasteiger partial charge in [0.1, 0.15) is 28.9 Å². The number of aromatic nitrogens is 5. The third-order valence-corrected chi connectivity index (χ3v) is 6.75. The number of quaternary nitrogens is 1. The van der Waals surface area contributed by atoms with Gasteiger partial charge in [0.2, 0.25) is 0 Å². The average molecular weight is 557 g/mol. The van der Waals surface area contributed by atoms with Crippen LogP contribution < -0.4 is 10.6 Å². The van der Waals surface area contributed by atoms with E-state index in [2.05, 4.69) is 25.8 Å². The van der Waals surface area contributed by atoms with Crippen LogP contribution in [0.3, 0.4) is 0 Å². The van der Waals surface area contributed by atoms with Gasteiger partial charge in [0, 0.05) is 43.1 Å². The number of carbonyl (C=O) groups is 2. The molecule has 2 amide bonds. The molecule has 0 radical (unpaired) electrons. The second-order valence-electron chi connectivity index (χ2n) is 10.9. The number of rotatable bonds is 7. The fourth-order valence-electron chi connectivity index (χ4n) is 4.59. The van der Waals surface area contributed by atoms with Gasteiger partial charge in [-0.25, -0.2) is 9.48 Å². The Labute approximate surface area is 237 Å². The number of likely N-dealkylation sites (tertiary alicyclic amines) is 1. The Morgan fingerprint density at radius 1 is 1.12 bits per heavy atom. The van der Waals surface area contributed by atoms with E-state index in [1.54, 1.807) is 46.2 Å². The fraction of sp³-hybridized carbons (Fsp3) is 0.310. The number of fused-ring (bicyclic) bond motifs is 1. The first-order chi connectivity index (χ1) is 19.7. The Bertz CT molecular complexity index is 1570. The summed E-state index contributed by atoms with van der Waals surface area (Å²) >= 11 is 0. The lowest BCUT2D eigenvalue weighted by molar-refractivity contribution is -0.630. The van der Waals surface area contributed by atoms with E-state index in [-0.39, 0.29) is 18.0 Å². The number of nitrogens with one attached hydrogen (secondary N) is 3. The quantitative estimate of drug-likeness (QED) is 0.256. The molecule has 0 bridgehead atoms. The van der Waals surface area contributed by atoms with Crippen molar-refractivity contribution in [1.82, 2.24) is 35.4 Å². The van der Waals surface area contributed by atoms with E-state index >= 15 is 0 Å². The van der Waals surface area contributed by atoms with Gasteiger partial charge in [0.15, 0.2) is 0 Å². The number of amides is 2. The summed E-state index contributed by atoms with van der Waals surface area (Å²) < 4.78 is 7.08. The van der Waals surface area contributed by atoms with Crippen LogP contribution in [0.15, 0.2) is 66.6 Å². The lowest BCUT2D eigenvalue weighted by Crippen LogP contribution is -2.86. The Balaban J connectivity index is 1.16. The molecule has 41 heavy (non-hydrogen) atoms. The smallest absolute Gasteiger partial charge is 0.410 e. The molecule has 2 aromatic carbocycles. The van der Waals surface area contributed by atoms with E-state index in [1.807, 2.05) is 50.4 Å². The first kappa shape index (κ1) is 27.7. The largest absolute Gasteiger partial charge is 0.444 e. The van der Waals surface area contributed by atoms with Crippen LogP contribution in [0.2, 0.25) is 0 Å². The molecule has 1 aliphatic rings. The van der Waals surface area contributed by atoms with Crippen molar-refractivity contribution in [3.63, 3.8) is 0 Å². The van der Waals surface area contributed by atoms with Crippen LogP contribution in [-0.4, -0.2) is 73.0 Å². The number of ether oxygens (including phenoxy) is 1. The summed E-state index contributed by atoms with van der Waals surface area (Å²) in [5.41, 5.74) is 3.35. The lowest BCUT2D eigenvalue weighted by atomic mass is 10.1. The molecule has 1 saturated heterocycles. The maximum atomic E-state index is 12.9. The molecule has 0 saturated carbocycles. The maximum absolute atomic E-state index is 12.9. The minimum Gasteiger partial charge on any atom is -0.444 e. The molecule has 4 aromatic rings. The number of aromatic amines is 1. The van der Waals surface area contributed by atoms with Crippen molar-refractivity contribution in [3.8, 4) is 17.1 Å². The lowest BCUT2D eigenvalue weighted by Gasteiger charge is -2.32. The summed E-state index contributed by atoms with van der Waals surface area (Å²) in [5.74, 6) is -0.318. The van der Waals surface area contributed by atoms with Crippen LogP contribution in [0.4, 0.5) is 4.79 Å². The number of hydrogen-bond acceptors (Lipinski definition) is 7. The number of para-hydroxylation sites is 1. The van der Waals surface area contributed by atoms with Crippen LogP contribution in [-0.2, 0) is 4.74 Å². The normalized spacial score (nSPS) is 14.7. The Morgan fingerprint density at radius 2 is 1.85 bits per heavy atom. The van der Waals surface area contributed by atoms with Gasteiger partial charge in [0.05, 0.1) is 23.4 Å². The number of nitrogens with zero attached hydrogens (tertiary/aromatic N) is 5. The molecule has 0 aliphatic carbocycles. The van der Waals surface area contributed by atoms with Gasteiger partial charge >= 0.3 is 6.09 Å². The van der Waals surface area contributed by atoms with Gasteiger partial charge < -0.3 is 25.7 Å². The summed E-state index contributed by atoms with van der Waals surface area (Å²) in [6.45, 7) is 6.78. The highest BCUT2D eigenvalue weighted by Gasteiger charge is 2.28. The molecule has 5 N–H and O–H groups in total. The highest BCUT2D eigenvalue weighted by Crippen LogP contribution is 2.24. The number of H-pyrrole nitrogens is 1. The average Bonchev–Trinajstić information content (AvgIpc) is 3.62. The van der Waals surface area contributed by atoms with Crippen molar-refractivity contribution in [3.05, 3.63) is 72.2 Å². The van der Waals surface area contributed by atoms with Crippen LogP contribution in [0.5, 0.6) is 0 Å². The van der Waals surface area contributed by atoms with E-state index in [9.17, 15) is 9.59 Å². The second kappa shape index (κ2) is 11.7. The van der Waals surface area contributed by atoms with Gasteiger partial charge in [-0.15, -0.1) is 5.10 Å². The summed E-state index contributed by atoms with van der Waals surface area (Å²) in [7, 11) is 0. The Morgan fingerprint density at radius 3 is 2.56 bits per heavy atom.